The molecule has 0 amide bonds. The second-order valence-electron chi connectivity index (χ2n) is 7.97. The van der Waals surface area contributed by atoms with Gasteiger partial charge in [0.05, 0.1) is 17.1 Å². The van der Waals surface area contributed by atoms with E-state index in [2.05, 4.69) is 22.0 Å². The van der Waals surface area contributed by atoms with Crippen LogP contribution >= 0.6 is 24.0 Å². The van der Waals surface area contributed by atoms with E-state index in [0.717, 1.165) is 58.1 Å². The molecule has 160 valence electrons. The highest BCUT2D eigenvalue weighted by molar-refractivity contribution is 14.0. The Morgan fingerprint density at radius 1 is 1.26 bits per heavy atom. The maximum absolute atomic E-state index is 12.2. The van der Waals surface area contributed by atoms with Crippen LogP contribution in [0.3, 0.4) is 0 Å². The normalized spacial score (nSPS) is 23.7. The van der Waals surface area contributed by atoms with E-state index in [4.69, 9.17) is 9.73 Å². The van der Waals surface area contributed by atoms with E-state index in [1.165, 1.54) is 0 Å². The Labute approximate surface area is 182 Å². The summed E-state index contributed by atoms with van der Waals surface area (Å²) in [6, 6.07) is 0. The van der Waals surface area contributed by atoms with Gasteiger partial charge in [0.25, 0.3) is 0 Å². The molecule has 0 bridgehead atoms. The van der Waals surface area contributed by atoms with Gasteiger partial charge in [-0.2, -0.15) is 0 Å². The minimum Gasteiger partial charge on any atom is -0.383 e. The average molecular weight is 516 g/mol. The van der Waals surface area contributed by atoms with Gasteiger partial charge < -0.3 is 19.9 Å². The molecule has 2 aliphatic heterocycles. The first-order chi connectivity index (χ1) is 12.3. The summed E-state index contributed by atoms with van der Waals surface area (Å²) in [5.41, 5.74) is 0. The van der Waals surface area contributed by atoms with Crippen LogP contribution in [0.1, 0.15) is 33.6 Å². The zero-order valence-electron chi connectivity index (χ0n) is 17.2. The maximum atomic E-state index is 12.2. The van der Waals surface area contributed by atoms with Gasteiger partial charge in [0.1, 0.15) is 0 Å². The molecule has 0 aliphatic carbocycles. The summed E-state index contributed by atoms with van der Waals surface area (Å²) in [6.45, 7) is 12.3. The molecule has 0 aromatic rings. The molecule has 0 aromatic heterocycles. The molecule has 0 radical (unpaired) electrons. The Bertz CT molecular complexity index is 575. The number of methoxy groups -OCH3 is 1. The van der Waals surface area contributed by atoms with E-state index < -0.39 is 14.6 Å². The third kappa shape index (κ3) is 7.01. The lowest BCUT2D eigenvalue weighted by Crippen LogP contribution is -2.57. The van der Waals surface area contributed by atoms with Crippen molar-refractivity contribution in [3.05, 3.63) is 0 Å². The number of likely N-dealkylation sites (tertiary alicyclic amines) is 1. The summed E-state index contributed by atoms with van der Waals surface area (Å²) in [6.07, 6.45) is 2.32. The van der Waals surface area contributed by atoms with E-state index in [0.29, 0.717) is 19.0 Å². The van der Waals surface area contributed by atoms with Crippen LogP contribution in [0.15, 0.2) is 4.99 Å². The van der Waals surface area contributed by atoms with Crippen LogP contribution in [0.2, 0.25) is 0 Å². The molecular weight excluding hydrogens is 479 g/mol. The SMILES string of the molecule is CCNC(=NCC1CCN(CCOC)CC1)N1CCS(=O)(=O)C(C)(C)C1.I. The quantitative estimate of drug-likeness (QED) is 0.327. The van der Waals surface area contributed by atoms with E-state index in [9.17, 15) is 8.42 Å². The van der Waals surface area contributed by atoms with Crippen molar-refractivity contribution in [2.75, 3.05) is 65.3 Å². The summed E-state index contributed by atoms with van der Waals surface area (Å²) in [5.74, 6) is 1.66. The number of guanidine groups is 1. The summed E-state index contributed by atoms with van der Waals surface area (Å²) >= 11 is 0. The molecule has 0 spiro atoms. The fraction of sp³-hybridized carbons (Fsp3) is 0.944. The summed E-state index contributed by atoms with van der Waals surface area (Å²) in [4.78, 5) is 9.42. The van der Waals surface area contributed by atoms with Gasteiger partial charge in [-0.25, -0.2) is 8.42 Å². The van der Waals surface area contributed by atoms with Crippen molar-refractivity contribution in [2.45, 2.75) is 38.4 Å². The van der Waals surface area contributed by atoms with Crippen molar-refractivity contribution in [1.82, 2.24) is 15.1 Å². The van der Waals surface area contributed by atoms with E-state index in [1.807, 2.05) is 13.8 Å². The first-order valence-electron chi connectivity index (χ1n) is 9.76. The molecule has 9 heteroatoms. The van der Waals surface area contributed by atoms with Gasteiger partial charge >= 0.3 is 0 Å². The number of ether oxygens (including phenoxy) is 1. The fourth-order valence-electron chi connectivity index (χ4n) is 3.58. The zero-order chi connectivity index (χ0) is 19.2. The molecule has 2 saturated heterocycles. The van der Waals surface area contributed by atoms with E-state index >= 15 is 0 Å². The Hall–Kier alpha value is -0.130. The molecular formula is C18H37IN4O3S. The van der Waals surface area contributed by atoms with Crippen LogP contribution < -0.4 is 5.32 Å². The van der Waals surface area contributed by atoms with Gasteiger partial charge in [0, 0.05) is 39.8 Å². The number of nitrogens with zero attached hydrogens (tertiary/aromatic N) is 3. The second-order valence-corrected chi connectivity index (χ2v) is 10.7. The molecule has 0 unspecified atom stereocenters. The second kappa shape index (κ2) is 11.2. The standard InChI is InChI=1S/C18H36N4O3S.HI/c1-5-19-17(22-11-13-26(23,24)18(2,3)15-22)20-14-16-6-8-21(9-7-16)10-12-25-4;/h16H,5-15H2,1-4H3,(H,19,20);1H. The lowest BCUT2D eigenvalue weighted by atomic mass is 9.97. The third-order valence-electron chi connectivity index (χ3n) is 5.50. The molecule has 2 aliphatic rings. The number of halogens is 1. The summed E-state index contributed by atoms with van der Waals surface area (Å²) in [5, 5.41) is 3.35. The maximum Gasteiger partial charge on any atom is 0.194 e. The Morgan fingerprint density at radius 3 is 2.48 bits per heavy atom. The third-order valence-corrected chi connectivity index (χ3v) is 8.03. The number of hydrogen-bond acceptors (Lipinski definition) is 5. The molecule has 2 rings (SSSR count). The molecule has 0 atom stereocenters. The smallest absolute Gasteiger partial charge is 0.194 e. The molecule has 1 N–H and O–H groups in total. The van der Waals surface area contributed by atoms with Crippen molar-refractivity contribution in [3.63, 3.8) is 0 Å². The topological polar surface area (TPSA) is 74.2 Å². The van der Waals surface area contributed by atoms with Gasteiger partial charge in [-0.3, -0.25) is 4.99 Å². The van der Waals surface area contributed by atoms with Gasteiger partial charge in [-0.15, -0.1) is 24.0 Å². The van der Waals surface area contributed by atoms with Crippen molar-refractivity contribution < 1.29 is 13.2 Å². The Balaban J connectivity index is 0.00000364. The largest absolute Gasteiger partial charge is 0.383 e. The first kappa shape index (κ1) is 24.9. The first-order valence-corrected chi connectivity index (χ1v) is 11.4. The lowest BCUT2D eigenvalue weighted by molar-refractivity contribution is 0.121. The Morgan fingerprint density at radius 2 is 1.93 bits per heavy atom. The molecule has 2 heterocycles. The lowest BCUT2D eigenvalue weighted by Gasteiger charge is -2.39. The van der Waals surface area contributed by atoms with Crippen molar-refractivity contribution >= 4 is 39.8 Å². The van der Waals surface area contributed by atoms with Crippen LogP contribution in [0.4, 0.5) is 0 Å². The summed E-state index contributed by atoms with van der Waals surface area (Å²) in [7, 11) is -1.28. The molecule has 7 nitrogen and oxygen atoms in total. The van der Waals surface area contributed by atoms with E-state index in [1.54, 1.807) is 7.11 Å². The van der Waals surface area contributed by atoms with Gasteiger partial charge in [-0.05, 0) is 52.6 Å². The van der Waals surface area contributed by atoms with Crippen molar-refractivity contribution in [3.8, 4) is 0 Å². The summed E-state index contributed by atoms with van der Waals surface area (Å²) < 4.78 is 28.9. The van der Waals surface area contributed by atoms with Crippen LogP contribution in [0.25, 0.3) is 0 Å². The Kier molecular flexibility index (Phi) is 10.3. The number of nitrogens with one attached hydrogen (secondary N) is 1. The molecule has 0 saturated carbocycles. The minimum absolute atomic E-state index is 0. The highest BCUT2D eigenvalue weighted by Crippen LogP contribution is 2.24. The monoisotopic (exact) mass is 516 g/mol. The van der Waals surface area contributed by atoms with Gasteiger partial charge in [0.15, 0.2) is 15.8 Å². The minimum atomic E-state index is -3.03. The number of aliphatic imine (C=N–C) groups is 1. The average Bonchev–Trinajstić information content (AvgIpc) is 2.60. The zero-order valence-corrected chi connectivity index (χ0v) is 20.4. The van der Waals surface area contributed by atoms with Gasteiger partial charge in [-0.1, -0.05) is 0 Å². The van der Waals surface area contributed by atoms with Crippen molar-refractivity contribution in [1.29, 1.82) is 0 Å². The predicted molar refractivity (Wildman–Crippen MR) is 122 cm³/mol. The van der Waals surface area contributed by atoms with Crippen molar-refractivity contribution in [2.24, 2.45) is 10.9 Å². The molecule has 0 aromatic carbocycles. The number of rotatable bonds is 6. The highest BCUT2D eigenvalue weighted by atomic mass is 127. The van der Waals surface area contributed by atoms with Crippen LogP contribution in [0.5, 0.6) is 0 Å². The number of hydrogen-bond donors (Lipinski definition) is 1. The van der Waals surface area contributed by atoms with Crippen LogP contribution in [-0.4, -0.2) is 94.2 Å². The number of sulfone groups is 1. The number of piperidine rings is 1. The molecule has 27 heavy (non-hydrogen) atoms. The van der Waals surface area contributed by atoms with Crippen LogP contribution in [0, 0.1) is 5.92 Å². The molecule has 2 fully saturated rings. The van der Waals surface area contributed by atoms with E-state index in [-0.39, 0.29) is 29.7 Å². The fourth-order valence-corrected chi connectivity index (χ4v) is 4.94. The highest BCUT2D eigenvalue weighted by Gasteiger charge is 2.41. The van der Waals surface area contributed by atoms with Crippen LogP contribution in [-0.2, 0) is 14.6 Å². The predicted octanol–water partition coefficient (Wildman–Crippen LogP) is 1.44. The van der Waals surface area contributed by atoms with Gasteiger partial charge in [0.2, 0.25) is 0 Å².